The summed E-state index contributed by atoms with van der Waals surface area (Å²) >= 11 is 0. The fourth-order valence-corrected chi connectivity index (χ4v) is 8.80. The molecule has 3 aliphatic carbocycles. The monoisotopic (exact) mass is 431 g/mol. The minimum atomic E-state index is -1.29. The molecule has 6 atom stereocenters. The molecule has 1 aromatic rings. The highest BCUT2D eigenvalue weighted by molar-refractivity contribution is 6.06. The van der Waals surface area contributed by atoms with E-state index >= 15 is 0 Å². The third kappa shape index (κ3) is 1.40. The fraction of sp³-hybridized carbons (Fsp3) is 0.500. The standard InChI is InChI=1S/C24H21N3O5/c1-31-18(28)14-11-21-7-4-9-27-10-8-22(23(21,27)12-25)13-5-2-3-6-15(13)26-24(14,22)17-16(21)19(29)32-20(17)30/h2-3,5-6,11,16-17,26H,4,7-10H2,1H3/t16-,17+,21+,22-,23+,24+/m1/s1. The number of nitrogens with one attached hydrogen (secondary N) is 1. The fourth-order valence-electron chi connectivity index (χ4n) is 8.80. The maximum absolute atomic E-state index is 13.3. The van der Waals surface area contributed by atoms with Gasteiger partial charge >= 0.3 is 17.9 Å². The molecule has 1 aromatic carbocycles. The predicted octanol–water partition coefficient (Wildman–Crippen LogP) is 1.28. The van der Waals surface area contributed by atoms with Gasteiger partial charge in [0.15, 0.2) is 0 Å². The molecule has 8 rings (SSSR count). The molecule has 0 unspecified atom stereocenters. The molecule has 1 saturated carbocycles. The number of anilines is 1. The molecular weight excluding hydrogens is 410 g/mol. The van der Waals surface area contributed by atoms with E-state index in [1.165, 1.54) is 7.11 Å². The summed E-state index contributed by atoms with van der Waals surface area (Å²) in [6, 6.07) is 10.4. The first-order valence-corrected chi connectivity index (χ1v) is 11.1. The van der Waals surface area contributed by atoms with Gasteiger partial charge in [-0.2, -0.15) is 5.26 Å². The Morgan fingerprint density at radius 2 is 2.00 bits per heavy atom. The summed E-state index contributed by atoms with van der Waals surface area (Å²) in [6.45, 7) is 1.38. The van der Waals surface area contributed by atoms with Gasteiger partial charge in [-0.1, -0.05) is 24.3 Å². The second-order valence-electron chi connectivity index (χ2n) is 9.83. The Morgan fingerprint density at radius 3 is 2.78 bits per heavy atom. The molecule has 162 valence electrons. The summed E-state index contributed by atoms with van der Waals surface area (Å²) in [4.78, 5) is 42.0. The summed E-state index contributed by atoms with van der Waals surface area (Å²) in [5.41, 5.74) is -2.23. The summed E-state index contributed by atoms with van der Waals surface area (Å²) in [6.07, 6.45) is 3.70. The van der Waals surface area contributed by atoms with Crippen molar-refractivity contribution >= 4 is 23.6 Å². The summed E-state index contributed by atoms with van der Waals surface area (Å²) < 4.78 is 10.5. The first kappa shape index (κ1) is 18.4. The van der Waals surface area contributed by atoms with Crippen molar-refractivity contribution in [3.05, 3.63) is 41.5 Å². The molecule has 4 aliphatic heterocycles. The molecule has 8 heteroatoms. The summed E-state index contributed by atoms with van der Waals surface area (Å²) in [5, 5.41) is 14.5. The number of rotatable bonds is 1. The highest BCUT2D eigenvalue weighted by Gasteiger charge is 2.91. The molecule has 0 radical (unpaired) electrons. The molecule has 32 heavy (non-hydrogen) atoms. The number of methoxy groups -OCH3 is 1. The number of hydrogen-bond donors (Lipinski definition) is 1. The number of hydrogen-bond acceptors (Lipinski definition) is 8. The maximum Gasteiger partial charge on any atom is 0.335 e. The summed E-state index contributed by atoms with van der Waals surface area (Å²) in [7, 11) is 1.32. The third-order valence-corrected chi connectivity index (χ3v) is 9.39. The molecule has 3 spiro atoms. The Balaban J connectivity index is 1.71. The first-order valence-electron chi connectivity index (χ1n) is 11.1. The molecule has 3 saturated heterocycles. The number of fused-ring (bicyclic) bond motifs is 1. The van der Waals surface area contributed by atoms with Gasteiger partial charge in [-0.05, 0) is 37.4 Å². The van der Waals surface area contributed by atoms with Gasteiger partial charge in [-0.25, -0.2) is 4.79 Å². The Kier molecular flexibility index (Phi) is 3.01. The van der Waals surface area contributed by atoms with Crippen molar-refractivity contribution in [1.29, 1.82) is 5.26 Å². The number of cyclic esters (lactones) is 2. The van der Waals surface area contributed by atoms with Gasteiger partial charge < -0.3 is 14.8 Å². The smallest absolute Gasteiger partial charge is 0.335 e. The second kappa shape index (κ2) is 5.24. The lowest BCUT2D eigenvalue weighted by Crippen LogP contribution is -2.85. The SMILES string of the molecule is COC(=O)C1=C[C@@]23CCCN4CC[C@@]5(c6ccccc6N[C@]15[C@@H]1C(=O)OC(=O)[C@@H]12)[C@@]43C#N. The molecule has 4 heterocycles. The van der Waals surface area contributed by atoms with E-state index in [1.54, 1.807) is 0 Å². The predicted molar refractivity (Wildman–Crippen MR) is 109 cm³/mol. The van der Waals surface area contributed by atoms with Gasteiger partial charge in [-0.15, -0.1) is 0 Å². The third-order valence-electron chi connectivity index (χ3n) is 9.39. The second-order valence-corrected chi connectivity index (χ2v) is 9.83. The molecule has 7 aliphatic rings. The van der Waals surface area contributed by atoms with Crippen LogP contribution in [0.15, 0.2) is 35.9 Å². The van der Waals surface area contributed by atoms with Crippen molar-refractivity contribution in [2.24, 2.45) is 17.3 Å². The van der Waals surface area contributed by atoms with Crippen molar-refractivity contribution in [1.82, 2.24) is 4.90 Å². The molecule has 0 aromatic heterocycles. The Hall–Kier alpha value is -3.18. The van der Waals surface area contributed by atoms with Gasteiger partial charge in [0.25, 0.3) is 0 Å². The van der Waals surface area contributed by atoms with Crippen LogP contribution in [0, 0.1) is 28.6 Å². The normalized spacial score (nSPS) is 44.4. The van der Waals surface area contributed by atoms with Crippen LogP contribution in [0.5, 0.6) is 0 Å². The summed E-state index contributed by atoms with van der Waals surface area (Å²) in [5.74, 6) is -3.47. The van der Waals surface area contributed by atoms with Crippen LogP contribution in [-0.2, 0) is 29.3 Å². The number of carbonyl (C=O) groups is 3. The van der Waals surface area contributed by atoms with Crippen molar-refractivity contribution in [3.63, 3.8) is 0 Å². The highest BCUT2D eigenvalue weighted by Crippen LogP contribution is 2.80. The van der Waals surface area contributed by atoms with Crippen LogP contribution in [0.25, 0.3) is 0 Å². The van der Waals surface area contributed by atoms with Crippen LogP contribution in [0.2, 0.25) is 0 Å². The van der Waals surface area contributed by atoms with Crippen LogP contribution in [0.3, 0.4) is 0 Å². The average molecular weight is 431 g/mol. The largest absolute Gasteiger partial charge is 0.466 e. The quantitative estimate of drug-likeness (QED) is 0.523. The molecule has 0 amide bonds. The number of esters is 3. The van der Waals surface area contributed by atoms with E-state index in [2.05, 4.69) is 16.3 Å². The zero-order chi connectivity index (χ0) is 22.1. The maximum atomic E-state index is 13.3. The number of ether oxygens (including phenoxy) is 2. The van der Waals surface area contributed by atoms with E-state index in [1.807, 2.05) is 30.3 Å². The van der Waals surface area contributed by atoms with Crippen molar-refractivity contribution < 1.29 is 23.9 Å². The molecular formula is C24H21N3O5. The van der Waals surface area contributed by atoms with E-state index in [-0.39, 0.29) is 0 Å². The lowest BCUT2D eigenvalue weighted by Gasteiger charge is -2.71. The number of para-hydroxylation sites is 1. The number of benzene rings is 1. The minimum Gasteiger partial charge on any atom is -0.466 e. The van der Waals surface area contributed by atoms with Crippen LogP contribution in [-0.4, -0.2) is 54.1 Å². The van der Waals surface area contributed by atoms with E-state index in [0.717, 1.165) is 24.2 Å². The lowest BCUT2D eigenvalue weighted by atomic mass is 9.32. The molecule has 1 N–H and O–H groups in total. The Morgan fingerprint density at radius 1 is 1.22 bits per heavy atom. The zero-order valence-corrected chi connectivity index (χ0v) is 17.5. The van der Waals surface area contributed by atoms with Crippen LogP contribution < -0.4 is 5.32 Å². The van der Waals surface area contributed by atoms with Crippen LogP contribution >= 0.6 is 0 Å². The van der Waals surface area contributed by atoms with E-state index < -0.39 is 51.7 Å². The van der Waals surface area contributed by atoms with Crippen molar-refractivity contribution in [2.45, 2.75) is 35.8 Å². The van der Waals surface area contributed by atoms with E-state index in [4.69, 9.17) is 9.47 Å². The van der Waals surface area contributed by atoms with E-state index in [9.17, 15) is 19.6 Å². The lowest BCUT2D eigenvalue weighted by molar-refractivity contribution is -0.165. The minimum absolute atomic E-state index is 0.346. The zero-order valence-electron chi connectivity index (χ0n) is 17.5. The molecule has 2 bridgehead atoms. The van der Waals surface area contributed by atoms with Gasteiger partial charge in [0.2, 0.25) is 0 Å². The van der Waals surface area contributed by atoms with Gasteiger partial charge in [0.05, 0.1) is 35.6 Å². The number of nitriles is 1. The number of carbonyl (C=O) groups excluding carboxylic acids is 3. The van der Waals surface area contributed by atoms with Crippen LogP contribution in [0.1, 0.15) is 24.8 Å². The van der Waals surface area contributed by atoms with Crippen molar-refractivity contribution in [3.8, 4) is 6.07 Å². The van der Waals surface area contributed by atoms with Gasteiger partial charge in [0.1, 0.15) is 11.5 Å². The molecule has 4 fully saturated rings. The van der Waals surface area contributed by atoms with Gasteiger partial charge in [-0.3, -0.25) is 14.5 Å². The topological polar surface area (TPSA) is 109 Å². The van der Waals surface area contributed by atoms with Crippen molar-refractivity contribution in [2.75, 3.05) is 25.5 Å². The Labute approximate surface area is 184 Å². The van der Waals surface area contributed by atoms with E-state index in [0.29, 0.717) is 25.0 Å². The Bertz CT molecular complexity index is 1230. The molecule has 8 nitrogen and oxygen atoms in total. The first-order chi connectivity index (χ1) is 15.4. The average Bonchev–Trinajstić information content (AvgIpc) is 3.42. The highest BCUT2D eigenvalue weighted by atomic mass is 16.6. The number of nitrogens with zero attached hydrogens (tertiary/aromatic N) is 2. The van der Waals surface area contributed by atoms with Gasteiger partial charge in [0, 0.05) is 17.6 Å². The van der Waals surface area contributed by atoms with Crippen LogP contribution in [0.4, 0.5) is 5.69 Å². The number of piperidine rings is 1.